The summed E-state index contributed by atoms with van der Waals surface area (Å²) in [4.78, 5) is 16.2. The summed E-state index contributed by atoms with van der Waals surface area (Å²) in [6, 6.07) is 14.8. The first-order valence-electron chi connectivity index (χ1n) is 5.19. The van der Waals surface area contributed by atoms with Crippen molar-refractivity contribution in [1.82, 2.24) is 9.29 Å². The molecule has 1 amide bonds. The van der Waals surface area contributed by atoms with Gasteiger partial charge in [0.15, 0.2) is 0 Å². The van der Waals surface area contributed by atoms with Gasteiger partial charge in [0.2, 0.25) is 0 Å². The molecule has 1 aromatic heterocycles. The first-order chi connectivity index (χ1) is 8.27. The number of nitrogens with zero attached hydrogens (tertiary/aromatic N) is 2. The molecule has 0 fully saturated rings. The van der Waals surface area contributed by atoms with Crippen molar-refractivity contribution < 1.29 is 4.79 Å². The average molecular weight is 244 g/mol. The molecule has 0 aliphatic rings. The van der Waals surface area contributed by atoms with E-state index in [4.69, 9.17) is 0 Å². The van der Waals surface area contributed by atoms with Gasteiger partial charge < -0.3 is 0 Å². The summed E-state index contributed by atoms with van der Waals surface area (Å²) in [6.07, 6.45) is 1.71. The second-order valence-electron chi connectivity index (χ2n) is 3.43. The molecule has 1 aromatic carbocycles. The molecule has 2 rings (SSSR count). The number of amides is 1. The Bertz CT molecular complexity index is 487. The Morgan fingerprint density at radius 2 is 1.82 bits per heavy atom. The maximum absolute atomic E-state index is 12.0. The first-order valence-corrected chi connectivity index (χ1v) is 5.97. The van der Waals surface area contributed by atoms with E-state index in [-0.39, 0.29) is 5.91 Å². The minimum atomic E-state index is -0.0266. The van der Waals surface area contributed by atoms with Crippen LogP contribution in [0.25, 0.3) is 0 Å². The summed E-state index contributed by atoms with van der Waals surface area (Å²) in [6.45, 7) is 0. The summed E-state index contributed by atoms with van der Waals surface area (Å²) in [5, 5.41) is 0.805. The van der Waals surface area contributed by atoms with Crippen molar-refractivity contribution in [3.8, 4) is 0 Å². The lowest BCUT2D eigenvalue weighted by Gasteiger charge is -2.14. The van der Waals surface area contributed by atoms with E-state index in [2.05, 4.69) is 4.98 Å². The van der Waals surface area contributed by atoms with Gasteiger partial charge in [-0.05, 0) is 24.3 Å². The van der Waals surface area contributed by atoms with Crippen molar-refractivity contribution in [2.45, 2.75) is 5.03 Å². The zero-order chi connectivity index (χ0) is 12.1. The molecule has 0 aliphatic heterocycles. The third-order valence-electron chi connectivity index (χ3n) is 2.17. The molecule has 0 radical (unpaired) electrons. The van der Waals surface area contributed by atoms with E-state index in [0.717, 1.165) is 5.03 Å². The Balaban J connectivity index is 2.06. The van der Waals surface area contributed by atoms with Gasteiger partial charge in [-0.1, -0.05) is 24.3 Å². The minimum Gasteiger partial charge on any atom is -0.280 e. The second kappa shape index (κ2) is 5.50. The molecule has 0 saturated heterocycles. The molecule has 2 aromatic rings. The van der Waals surface area contributed by atoms with Crippen LogP contribution in [0.4, 0.5) is 0 Å². The smallest absolute Gasteiger partial charge is 0.263 e. The Hall–Kier alpha value is -1.81. The number of carbonyl (C=O) groups is 1. The van der Waals surface area contributed by atoms with Crippen LogP contribution in [0.3, 0.4) is 0 Å². The summed E-state index contributed by atoms with van der Waals surface area (Å²) >= 11 is 1.32. The molecule has 0 N–H and O–H groups in total. The fraction of sp³-hybridized carbons (Fsp3) is 0.0769. The van der Waals surface area contributed by atoms with E-state index in [1.807, 2.05) is 36.4 Å². The predicted octanol–water partition coefficient (Wildman–Crippen LogP) is 2.86. The Morgan fingerprint density at radius 1 is 1.12 bits per heavy atom. The number of pyridine rings is 1. The van der Waals surface area contributed by atoms with Crippen LogP contribution in [0.2, 0.25) is 0 Å². The number of aromatic nitrogens is 1. The topological polar surface area (TPSA) is 33.2 Å². The summed E-state index contributed by atoms with van der Waals surface area (Å²) in [7, 11) is 1.74. The normalized spacial score (nSPS) is 9.94. The van der Waals surface area contributed by atoms with Gasteiger partial charge in [0, 0.05) is 30.8 Å². The van der Waals surface area contributed by atoms with Gasteiger partial charge in [-0.3, -0.25) is 9.10 Å². The number of hydrogen-bond donors (Lipinski definition) is 0. The van der Waals surface area contributed by atoms with E-state index in [1.54, 1.807) is 29.7 Å². The third-order valence-corrected chi connectivity index (χ3v) is 3.04. The van der Waals surface area contributed by atoms with Crippen LogP contribution < -0.4 is 0 Å². The molecule has 86 valence electrons. The maximum Gasteiger partial charge on any atom is 0.263 e. The summed E-state index contributed by atoms with van der Waals surface area (Å²) in [5.74, 6) is -0.0266. The molecule has 0 unspecified atom stereocenters. The number of benzene rings is 1. The highest BCUT2D eigenvalue weighted by Gasteiger charge is 2.12. The zero-order valence-electron chi connectivity index (χ0n) is 9.41. The number of carbonyl (C=O) groups excluding carboxylic acids is 1. The molecule has 3 nitrogen and oxygen atoms in total. The summed E-state index contributed by atoms with van der Waals surface area (Å²) in [5.41, 5.74) is 0.679. The molecule has 0 saturated carbocycles. The average Bonchev–Trinajstić information content (AvgIpc) is 2.40. The molecule has 0 bridgehead atoms. The fourth-order valence-corrected chi connectivity index (χ4v) is 2.06. The summed E-state index contributed by atoms with van der Waals surface area (Å²) < 4.78 is 1.58. The first kappa shape index (κ1) is 11.7. The van der Waals surface area contributed by atoms with Gasteiger partial charge in [0.1, 0.15) is 5.03 Å². The predicted molar refractivity (Wildman–Crippen MR) is 68.6 cm³/mol. The van der Waals surface area contributed by atoms with Crippen molar-refractivity contribution in [1.29, 1.82) is 0 Å². The monoisotopic (exact) mass is 244 g/mol. The highest BCUT2D eigenvalue weighted by Crippen LogP contribution is 2.20. The Morgan fingerprint density at radius 3 is 2.47 bits per heavy atom. The van der Waals surface area contributed by atoms with Crippen LogP contribution in [0, 0.1) is 0 Å². The molecule has 0 spiro atoms. The van der Waals surface area contributed by atoms with Gasteiger partial charge in [0.05, 0.1) is 0 Å². The standard InChI is InChI=1S/C13H12N2OS/c1-15(17-12-9-5-6-10-14-12)13(16)11-7-3-2-4-8-11/h2-10H,1H3. The fourth-order valence-electron chi connectivity index (χ4n) is 1.35. The SMILES string of the molecule is CN(Sc1ccccn1)C(=O)c1ccccc1. The molecular formula is C13H12N2OS. The van der Waals surface area contributed by atoms with Crippen molar-refractivity contribution in [2.75, 3.05) is 7.05 Å². The minimum absolute atomic E-state index is 0.0266. The Labute approximate surface area is 105 Å². The molecule has 17 heavy (non-hydrogen) atoms. The van der Waals surface area contributed by atoms with Crippen LogP contribution in [0.1, 0.15) is 10.4 Å². The zero-order valence-corrected chi connectivity index (χ0v) is 10.2. The molecule has 0 atom stereocenters. The van der Waals surface area contributed by atoms with E-state index in [0.29, 0.717) is 5.56 Å². The van der Waals surface area contributed by atoms with E-state index in [1.165, 1.54) is 11.9 Å². The van der Waals surface area contributed by atoms with Gasteiger partial charge in [-0.25, -0.2) is 4.98 Å². The van der Waals surface area contributed by atoms with Crippen molar-refractivity contribution in [2.24, 2.45) is 0 Å². The second-order valence-corrected chi connectivity index (χ2v) is 4.58. The lowest BCUT2D eigenvalue weighted by atomic mass is 10.2. The van der Waals surface area contributed by atoms with Crippen LogP contribution >= 0.6 is 11.9 Å². The highest BCUT2D eigenvalue weighted by molar-refractivity contribution is 7.97. The van der Waals surface area contributed by atoms with Crippen LogP contribution in [-0.2, 0) is 0 Å². The number of hydrogen-bond acceptors (Lipinski definition) is 3. The van der Waals surface area contributed by atoms with Crippen LogP contribution in [0.15, 0.2) is 59.8 Å². The lowest BCUT2D eigenvalue weighted by Crippen LogP contribution is -2.19. The van der Waals surface area contributed by atoms with Gasteiger partial charge in [-0.2, -0.15) is 0 Å². The lowest BCUT2D eigenvalue weighted by molar-refractivity contribution is 0.0892. The number of rotatable bonds is 3. The molecule has 4 heteroatoms. The van der Waals surface area contributed by atoms with Crippen LogP contribution in [-0.4, -0.2) is 22.2 Å². The molecular weight excluding hydrogens is 232 g/mol. The highest BCUT2D eigenvalue weighted by atomic mass is 32.2. The van der Waals surface area contributed by atoms with E-state index in [9.17, 15) is 4.79 Å². The van der Waals surface area contributed by atoms with Gasteiger partial charge in [0.25, 0.3) is 5.91 Å². The van der Waals surface area contributed by atoms with Crippen molar-refractivity contribution in [3.05, 3.63) is 60.3 Å². The molecule has 0 aliphatic carbocycles. The maximum atomic E-state index is 12.0. The van der Waals surface area contributed by atoms with Crippen molar-refractivity contribution >= 4 is 17.9 Å². The van der Waals surface area contributed by atoms with Crippen LogP contribution in [0.5, 0.6) is 0 Å². The molecule has 1 heterocycles. The van der Waals surface area contributed by atoms with Gasteiger partial charge >= 0.3 is 0 Å². The van der Waals surface area contributed by atoms with E-state index >= 15 is 0 Å². The van der Waals surface area contributed by atoms with Crippen molar-refractivity contribution in [3.63, 3.8) is 0 Å². The third kappa shape index (κ3) is 3.07. The Kier molecular flexibility index (Phi) is 3.77. The largest absolute Gasteiger partial charge is 0.280 e. The van der Waals surface area contributed by atoms with E-state index < -0.39 is 0 Å². The van der Waals surface area contributed by atoms with Gasteiger partial charge in [-0.15, -0.1) is 0 Å². The quantitative estimate of drug-likeness (QED) is 0.778.